The minimum absolute atomic E-state index is 0.0965. The Balaban J connectivity index is 2.20. The van der Waals surface area contributed by atoms with Gasteiger partial charge >= 0.3 is 0 Å². The lowest BCUT2D eigenvalue weighted by molar-refractivity contribution is -0.142. The highest BCUT2D eigenvalue weighted by Crippen LogP contribution is 2.20. The van der Waals surface area contributed by atoms with Gasteiger partial charge in [0.25, 0.3) is 0 Å². The number of benzene rings is 1. The Morgan fingerprint density at radius 1 is 1.22 bits per heavy atom. The summed E-state index contributed by atoms with van der Waals surface area (Å²) in [5.74, 6) is -1.25. The molecule has 2 atom stereocenters. The molecule has 1 saturated heterocycles. The van der Waals surface area contributed by atoms with E-state index < -0.39 is 17.7 Å². The van der Waals surface area contributed by atoms with Crippen molar-refractivity contribution >= 4 is 17.9 Å². The van der Waals surface area contributed by atoms with Gasteiger partial charge in [-0.15, -0.1) is 0 Å². The summed E-state index contributed by atoms with van der Waals surface area (Å²) in [4.78, 5) is 26.9. The zero-order valence-electron chi connectivity index (χ0n) is 16.3. The van der Waals surface area contributed by atoms with E-state index in [1.165, 1.54) is 18.2 Å². The smallest absolute Gasteiger partial charge is 0.247 e. The second-order valence-corrected chi connectivity index (χ2v) is 7.97. The van der Waals surface area contributed by atoms with E-state index in [1.807, 2.05) is 13.8 Å². The molecule has 0 aromatic heterocycles. The molecule has 2 amide bonds. The molecule has 0 radical (unpaired) electrons. The number of amides is 2. The van der Waals surface area contributed by atoms with Crippen molar-refractivity contribution in [1.82, 2.24) is 10.2 Å². The van der Waals surface area contributed by atoms with Crippen LogP contribution < -0.4 is 5.32 Å². The van der Waals surface area contributed by atoms with Crippen LogP contribution in [0.15, 0.2) is 24.3 Å². The van der Waals surface area contributed by atoms with Crippen molar-refractivity contribution in [2.75, 3.05) is 6.54 Å². The predicted octanol–water partition coefficient (Wildman–Crippen LogP) is 3.77. The Hall–Kier alpha value is -2.24. The Bertz CT molecular complexity index is 716. The first-order valence-electron chi connectivity index (χ1n) is 9.41. The van der Waals surface area contributed by atoms with Crippen LogP contribution in [0.2, 0.25) is 0 Å². The molecule has 1 aliphatic rings. The van der Waals surface area contributed by atoms with Crippen molar-refractivity contribution in [3.63, 3.8) is 0 Å². The van der Waals surface area contributed by atoms with E-state index in [0.29, 0.717) is 18.9 Å². The Morgan fingerprint density at radius 3 is 2.48 bits per heavy atom. The molecule has 4 nitrogen and oxygen atoms in total. The average molecular weight is 378 g/mol. The zero-order chi connectivity index (χ0) is 20.1. The number of carbonyl (C=O) groups excluding carboxylic acids is 2. The van der Waals surface area contributed by atoms with Gasteiger partial charge in [0.15, 0.2) is 0 Å². The summed E-state index contributed by atoms with van der Waals surface area (Å²) in [6.07, 6.45) is 3.92. The van der Waals surface area contributed by atoms with E-state index in [4.69, 9.17) is 0 Å². The molecule has 27 heavy (non-hydrogen) atoms. The van der Waals surface area contributed by atoms with Crippen molar-refractivity contribution in [2.24, 2.45) is 11.8 Å². The van der Waals surface area contributed by atoms with Crippen molar-refractivity contribution in [3.05, 3.63) is 41.5 Å². The molecule has 0 aliphatic carbocycles. The highest BCUT2D eigenvalue weighted by atomic mass is 19.1. The van der Waals surface area contributed by atoms with Crippen LogP contribution in [0.1, 0.15) is 46.1 Å². The monoisotopic (exact) mass is 378 g/mol. The van der Waals surface area contributed by atoms with E-state index in [-0.39, 0.29) is 29.3 Å². The molecule has 1 aromatic rings. The van der Waals surface area contributed by atoms with Crippen LogP contribution in [0.5, 0.6) is 0 Å². The molecule has 1 N–H and O–H groups in total. The van der Waals surface area contributed by atoms with Gasteiger partial charge in [0.1, 0.15) is 17.7 Å². The maximum atomic E-state index is 13.8. The molecule has 2 rings (SSSR count). The number of nitrogens with one attached hydrogen (secondary N) is 1. The number of halogens is 2. The van der Waals surface area contributed by atoms with Crippen molar-refractivity contribution in [1.29, 1.82) is 0 Å². The second-order valence-electron chi connectivity index (χ2n) is 7.97. The van der Waals surface area contributed by atoms with Crippen LogP contribution in [0.25, 0.3) is 6.08 Å². The summed E-state index contributed by atoms with van der Waals surface area (Å²) in [5.41, 5.74) is 0.130. The Kier molecular flexibility index (Phi) is 7.11. The number of rotatable bonds is 6. The third kappa shape index (κ3) is 5.88. The van der Waals surface area contributed by atoms with Gasteiger partial charge in [-0.1, -0.05) is 27.7 Å². The number of piperazine rings is 1. The molecule has 0 spiro atoms. The fourth-order valence-corrected chi connectivity index (χ4v) is 3.37. The van der Waals surface area contributed by atoms with Gasteiger partial charge < -0.3 is 10.2 Å². The van der Waals surface area contributed by atoms with Crippen molar-refractivity contribution in [2.45, 2.75) is 52.6 Å². The molecule has 1 heterocycles. The van der Waals surface area contributed by atoms with Gasteiger partial charge in [-0.25, -0.2) is 8.78 Å². The lowest BCUT2D eigenvalue weighted by atomic mass is 9.95. The van der Waals surface area contributed by atoms with Gasteiger partial charge in [-0.05, 0) is 42.9 Å². The van der Waals surface area contributed by atoms with Crippen LogP contribution >= 0.6 is 0 Å². The largest absolute Gasteiger partial charge is 0.350 e. The summed E-state index contributed by atoms with van der Waals surface area (Å²) in [5, 5.41) is 3.02. The molecule has 148 valence electrons. The third-order valence-corrected chi connectivity index (χ3v) is 4.54. The van der Waals surface area contributed by atoms with Crippen LogP contribution in [0.4, 0.5) is 8.78 Å². The van der Waals surface area contributed by atoms with E-state index in [2.05, 4.69) is 19.2 Å². The average Bonchev–Trinajstić information content (AvgIpc) is 2.55. The summed E-state index contributed by atoms with van der Waals surface area (Å²) in [6, 6.07) is 2.56. The van der Waals surface area contributed by atoms with E-state index in [0.717, 1.165) is 18.6 Å². The predicted molar refractivity (Wildman–Crippen MR) is 102 cm³/mol. The summed E-state index contributed by atoms with van der Waals surface area (Å²) < 4.78 is 26.8. The Labute approximate surface area is 159 Å². The number of hydrogen-bond donors (Lipinski definition) is 1. The third-order valence-electron chi connectivity index (χ3n) is 4.54. The highest BCUT2D eigenvalue weighted by molar-refractivity contribution is 5.96. The first kappa shape index (κ1) is 21.1. The van der Waals surface area contributed by atoms with E-state index in [1.54, 1.807) is 4.90 Å². The van der Waals surface area contributed by atoms with Gasteiger partial charge in [-0.3, -0.25) is 9.59 Å². The summed E-state index contributed by atoms with van der Waals surface area (Å²) >= 11 is 0. The molecule has 1 aliphatic heterocycles. The molecular formula is C21H28F2N2O2. The molecule has 0 bridgehead atoms. The molecule has 0 saturated carbocycles. The highest BCUT2D eigenvalue weighted by Gasteiger charge is 2.36. The van der Waals surface area contributed by atoms with E-state index >= 15 is 0 Å². The van der Waals surface area contributed by atoms with Gasteiger partial charge in [0, 0.05) is 30.3 Å². The summed E-state index contributed by atoms with van der Waals surface area (Å²) in [7, 11) is 0. The van der Waals surface area contributed by atoms with Gasteiger partial charge in [0.2, 0.25) is 11.8 Å². The quantitative estimate of drug-likeness (QED) is 0.766. The molecular weight excluding hydrogens is 350 g/mol. The van der Waals surface area contributed by atoms with Gasteiger partial charge in [-0.2, -0.15) is 0 Å². The second kappa shape index (κ2) is 9.11. The van der Waals surface area contributed by atoms with Crippen molar-refractivity contribution in [3.8, 4) is 0 Å². The molecule has 0 unspecified atom stereocenters. The van der Waals surface area contributed by atoms with Crippen molar-refractivity contribution < 1.29 is 18.4 Å². The standard InChI is InChI=1S/C21H28F2N2O2/c1-13(2)9-17-12-25(19(10-14(3)4)21(27)24-17)20(26)8-6-15-5-7-16(22)11-18(15)23/h5-8,11,13-14,17,19H,9-10,12H2,1-4H3,(H,24,27)/t17-,19-/m0/s1. The molecule has 1 fully saturated rings. The zero-order valence-corrected chi connectivity index (χ0v) is 16.3. The first-order valence-corrected chi connectivity index (χ1v) is 9.41. The van der Waals surface area contributed by atoms with Crippen LogP contribution in [-0.4, -0.2) is 35.3 Å². The first-order chi connectivity index (χ1) is 12.7. The number of hydrogen-bond acceptors (Lipinski definition) is 2. The number of nitrogens with zero attached hydrogens (tertiary/aromatic N) is 1. The minimum atomic E-state index is -0.730. The van der Waals surface area contributed by atoms with Crippen LogP contribution in [0.3, 0.4) is 0 Å². The molecule has 6 heteroatoms. The van der Waals surface area contributed by atoms with Crippen LogP contribution in [-0.2, 0) is 9.59 Å². The maximum absolute atomic E-state index is 13.8. The summed E-state index contributed by atoms with van der Waals surface area (Å²) in [6.45, 7) is 8.56. The Morgan fingerprint density at radius 2 is 1.89 bits per heavy atom. The van der Waals surface area contributed by atoms with E-state index in [9.17, 15) is 18.4 Å². The lowest BCUT2D eigenvalue weighted by Crippen LogP contribution is -2.61. The normalized spacial score (nSPS) is 20.6. The topological polar surface area (TPSA) is 49.4 Å². The SMILES string of the molecule is CC(C)C[C@H]1CN(C(=O)C=Cc2ccc(F)cc2F)[C@@H](CC(C)C)C(=O)N1. The molecule has 1 aromatic carbocycles. The maximum Gasteiger partial charge on any atom is 0.247 e. The minimum Gasteiger partial charge on any atom is -0.350 e. The fourth-order valence-electron chi connectivity index (χ4n) is 3.37. The number of carbonyl (C=O) groups is 2. The lowest BCUT2D eigenvalue weighted by Gasteiger charge is -2.40. The van der Waals surface area contributed by atoms with Crippen LogP contribution in [0, 0.1) is 23.5 Å². The fraction of sp³-hybridized carbons (Fsp3) is 0.524. The van der Waals surface area contributed by atoms with Gasteiger partial charge in [0.05, 0.1) is 0 Å².